The first-order valence-electron chi connectivity index (χ1n) is 5.90. The van der Waals surface area contributed by atoms with Crippen LogP contribution in [0.3, 0.4) is 0 Å². The molecule has 4 heteroatoms. The molecule has 0 unspecified atom stereocenters. The average molecular weight is 221 g/mol. The summed E-state index contributed by atoms with van der Waals surface area (Å²) in [6.07, 6.45) is 2.21. The van der Waals surface area contributed by atoms with Crippen molar-refractivity contribution in [3.05, 3.63) is 17.0 Å². The van der Waals surface area contributed by atoms with Gasteiger partial charge >= 0.3 is 0 Å². The number of H-pyrrole nitrogens is 1. The van der Waals surface area contributed by atoms with Gasteiger partial charge in [0.2, 0.25) is 0 Å². The minimum atomic E-state index is 0.0775. The summed E-state index contributed by atoms with van der Waals surface area (Å²) in [6.45, 7) is 7.86. The fourth-order valence-corrected chi connectivity index (χ4v) is 2.05. The highest BCUT2D eigenvalue weighted by molar-refractivity contribution is 5.93. The molecule has 0 radical (unpaired) electrons. The molecular weight excluding hydrogens is 202 g/mol. The van der Waals surface area contributed by atoms with Crippen LogP contribution in [0.2, 0.25) is 0 Å². The summed E-state index contributed by atoms with van der Waals surface area (Å²) in [5, 5.41) is 6.96. The predicted octanol–water partition coefficient (Wildman–Crippen LogP) is 1.90. The fraction of sp³-hybridized carbons (Fsp3) is 0.667. The number of carbonyl (C=O) groups is 1. The molecule has 1 amide bonds. The summed E-state index contributed by atoms with van der Waals surface area (Å²) in [6, 6.07) is 0. The van der Waals surface area contributed by atoms with Crippen LogP contribution in [0.4, 0.5) is 0 Å². The molecule has 88 valence electrons. The van der Waals surface area contributed by atoms with Crippen LogP contribution in [0, 0.1) is 19.8 Å². The first-order chi connectivity index (χ1) is 7.59. The number of amides is 1. The van der Waals surface area contributed by atoms with Gasteiger partial charge in [0.15, 0.2) is 5.69 Å². The second-order valence-electron chi connectivity index (χ2n) is 4.80. The van der Waals surface area contributed by atoms with E-state index in [1.54, 1.807) is 0 Å². The maximum absolute atomic E-state index is 12.2. The third kappa shape index (κ3) is 1.96. The molecule has 1 aromatic rings. The van der Waals surface area contributed by atoms with Gasteiger partial charge in [-0.2, -0.15) is 5.10 Å². The predicted molar refractivity (Wildman–Crippen MR) is 62.4 cm³/mol. The van der Waals surface area contributed by atoms with Gasteiger partial charge in [-0.15, -0.1) is 0 Å². The van der Waals surface area contributed by atoms with Crippen molar-refractivity contribution in [2.45, 2.75) is 33.6 Å². The van der Waals surface area contributed by atoms with Crippen LogP contribution in [-0.4, -0.2) is 34.1 Å². The molecule has 0 atom stereocenters. The van der Waals surface area contributed by atoms with E-state index in [9.17, 15) is 4.79 Å². The lowest BCUT2D eigenvalue weighted by molar-refractivity contribution is 0.0690. The van der Waals surface area contributed by atoms with Crippen molar-refractivity contribution in [1.29, 1.82) is 0 Å². The molecule has 4 nitrogen and oxygen atoms in total. The lowest BCUT2D eigenvalue weighted by Gasteiger charge is -2.29. The van der Waals surface area contributed by atoms with Crippen LogP contribution < -0.4 is 0 Å². The lowest BCUT2D eigenvalue weighted by Crippen LogP contribution is -2.38. The number of aromatic amines is 1. The number of rotatable bonds is 1. The Labute approximate surface area is 96.0 Å². The van der Waals surface area contributed by atoms with Gasteiger partial charge in [-0.05, 0) is 32.6 Å². The highest BCUT2D eigenvalue weighted by atomic mass is 16.2. The zero-order chi connectivity index (χ0) is 11.7. The molecule has 1 fully saturated rings. The molecule has 0 spiro atoms. The normalized spacial score (nSPS) is 17.8. The van der Waals surface area contributed by atoms with E-state index in [-0.39, 0.29) is 5.91 Å². The molecule has 1 aliphatic rings. The number of hydrogen-bond acceptors (Lipinski definition) is 2. The molecule has 2 rings (SSSR count). The maximum Gasteiger partial charge on any atom is 0.274 e. The zero-order valence-corrected chi connectivity index (χ0v) is 10.2. The van der Waals surface area contributed by atoms with Crippen molar-refractivity contribution >= 4 is 5.91 Å². The Balaban J connectivity index is 2.11. The van der Waals surface area contributed by atoms with E-state index in [0.717, 1.165) is 43.1 Å². The van der Waals surface area contributed by atoms with E-state index in [2.05, 4.69) is 17.1 Å². The minimum absolute atomic E-state index is 0.0775. The number of likely N-dealkylation sites (tertiary alicyclic amines) is 1. The third-order valence-electron chi connectivity index (χ3n) is 3.53. The summed E-state index contributed by atoms with van der Waals surface area (Å²) in [4.78, 5) is 14.1. The van der Waals surface area contributed by atoms with Gasteiger partial charge in [0.1, 0.15) is 0 Å². The molecule has 0 aromatic carbocycles. The molecule has 1 aliphatic heterocycles. The molecular formula is C12H19N3O. The van der Waals surface area contributed by atoms with Crippen molar-refractivity contribution in [2.24, 2.45) is 5.92 Å². The Hall–Kier alpha value is -1.32. The Morgan fingerprint density at radius 3 is 2.50 bits per heavy atom. The van der Waals surface area contributed by atoms with Crippen molar-refractivity contribution in [1.82, 2.24) is 15.1 Å². The lowest BCUT2D eigenvalue weighted by atomic mass is 9.99. The number of carbonyl (C=O) groups excluding carboxylic acids is 1. The van der Waals surface area contributed by atoms with Gasteiger partial charge in [0.05, 0.1) is 0 Å². The smallest absolute Gasteiger partial charge is 0.274 e. The Morgan fingerprint density at radius 1 is 1.38 bits per heavy atom. The molecule has 1 saturated heterocycles. The van der Waals surface area contributed by atoms with Crippen LogP contribution >= 0.6 is 0 Å². The number of aryl methyl sites for hydroxylation is 1. The van der Waals surface area contributed by atoms with Crippen molar-refractivity contribution in [2.75, 3.05) is 13.1 Å². The van der Waals surface area contributed by atoms with Gasteiger partial charge in [0, 0.05) is 24.3 Å². The third-order valence-corrected chi connectivity index (χ3v) is 3.53. The van der Waals surface area contributed by atoms with Crippen LogP contribution in [0.25, 0.3) is 0 Å². The number of nitrogens with zero attached hydrogens (tertiary/aromatic N) is 2. The number of piperidine rings is 1. The van der Waals surface area contributed by atoms with Gasteiger partial charge in [-0.3, -0.25) is 9.89 Å². The van der Waals surface area contributed by atoms with Gasteiger partial charge in [-0.1, -0.05) is 6.92 Å². The van der Waals surface area contributed by atoms with Crippen LogP contribution in [0.5, 0.6) is 0 Å². The summed E-state index contributed by atoms with van der Waals surface area (Å²) in [5.41, 5.74) is 2.55. The molecule has 0 bridgehead atoms. The standard InChI is InChI=1S/C12H19N3O/c1-8-4-6-15(7-5-8)12(16)11-9(2)10(3)13-14-11/h8H,4-7H2,1-3H3,(H,13,14). The number of hydrogen-bond donors (Lipinski definition) is 1. The monoisotopic (exact) mass is 221 g/mol. The summed E-state index contributed by atoms with van der Waals surface area (Å²) >= 11 is 0. The molecule has 0 aliphatic carbocycles. The Bertz CT molecular complexity index is 389. The minimum Gasteiger partial charge on any atom is -0.337 e. The molecule has 1 N–H and O–H groups in total. The van der Waals surface area contributed by atoms with E-state index >= 15 is 0 Å². The summed E-state index contributed by atoms with van der Waals surface area (Å²) < 4.78 is 0. The van der Waals surface area contributed by atoms with Crippen molar-refractivity contribution < 1.29 is 4.79 Å². The fourth-order valence-electron chi connectivity index (χ4n) is 2.05. The number of aromatic nitrogens is 2. The topological polar surface area (TPSA) is 49.0 Å². The van der Waals surface area contributed by atoms with Gasteiger partial charge < -0.3 is 4.90 Å². The highest BCUT2D eigenvalue weighted by Crippen LogP contribution is 2.19. The first-order valence-corrected chi connectivity index (χ1v) is 5.90. The quantitative estimate of drug-likeness (QED) is 0.787. The maximum atomic E-state index is 12.2. The van der Waals surface area contributed by atoms with Crippen molar-refractivity contribution in [3.63, 3.8) is 0 Å². The van der Waals surface area contributed by atoms with E-state index in [4.69, 9.17) is 0 Å². The Kier molecular flexibility index (Phi) is 2.99. The first kappa shape index (κ1) is 11.2. The average Bonchev–Trinajstić information content (AvgIpc) is 2.60. The molecule has 16 heavy (non-hydrogen) atoms. The highest BCUT2D eigenvalue weighted by Gasteiger charge is 2.24. The van der Waals surface area contributed by atoms with Crippen LogP contribution in [0.1, 0.15) is 41.5 Å². The van der Waals surface area contributed by atoms with E-state index < -0.39 is 0 Å². The van der Waals surface area contributed by atoms with E-state index in [0.29, 0.717) is 5.69 Å². The van der Waals surface area contributed by atoms with Crippen molar-refractivity contribution in [3.8, 4) is 0 Å². The second-order valence-corrected chi connectivity index (χ2v) is 4.80. The number of nitrogens with one attached hydrogen (secondary N) is 1. The van der Waals surface area contributed by atoms with E-state index in [1.165, 1.54) is 0 Å². The van der Waals surface area contributed by atoms with E-state index in [1.807, 2.05) is 18.7 Å². The van der Waals surface area contributed by atoms with Gasteiger partial charge in [0.25, 0.3) is 5.91 Å². The summed E-state index contributed by atoms with van der Waals surface area (Å²) in [7, 11) is 0. The molecule has 0 saturated carbocycles. The second kappa shape index (κ2) is 4.28. The molecule has 2 heterocycles. The largest absolute Gasteiger partial charge is 0.337 e. The van der Waals surface area contributed by atoms with Gasteiger partial charge in [-0.25, -0.2) is 0 Å². The SMILES string of the molecule is Cc1[nH]nc(C(=O)N2CCC(C)CC2)c1C. The van der Waals surface area contributed by atoms with Crippen LogP contribution in [-0.2, 0) is 0 Å². The Morgan fingerprint density at radius 2 is 2.00 bits per heavy atom. The molecule has 1 aromatic heterocycles. The van der Waals surface area contributed by atoms with Crippen LogP contribution in [0.15, 0.2) is 0 Å². The summed E-state index contributed by atoms with van der Waals surface area (Å²) in [5.74, 6) is 0.819. The zero-order valence-electron chi connectivity index (χ0n) is 10.2.